The molecule has 1 aromatic heterocycles. The molecule has 1 fully saturated rings. The van der Waals surface area contributed by atoms with Gasteiger partial charge in [0.15, 0.2) is 0 Å². The van der Waals surface area contributed by atoms with E-state index in [1.807, 2.05) is 48.5 Å². The number of anilines is 1. The molecule has 1 saturated heterocycles. The van der Waals surface area contributed by atoms with Crippen LogP contribution >= 0.6 is 0 Å². The molecule has 0 spiro atoms. The van der Waals surface area contributed by atoms with Crippen LogP contribution < -0.4 is 25.0 Å². The third-order valence-corrected chi connectivity index (χ3v) is 6.13. The van der Waals surface area contributed by atoms with Crippen molar-refractivity contribution < 1.29 is 18.7 Å². The lowest BCUT2D eigenvalue weighted by atomic mass is 10.1. The van der Waals surface area contributed by atoms with E-state index >= 15 is 0 Å². The second-order valence-corrected chi connectivity index (χ2v) is 8.16. The van der Waals surface area contributed by atoms with E-state index in [1.54, 1.807) is 20.5 Å². The van der Waals surface area contributed by atoms with Gasteiger partial charge in [-0.1, -0.05) is 12.1 Å². The van der Waals surface area contributed by atoms with Crippen molar-refractivity contribution in [3.8, 4) is 11.5 Å². The maximum absolute atomic E-state index is 12.5. The van der Waals surface area contributed by atoms with Gasteiger partial charge in [0.1, 0.15) is 17.3 Å². The van der Waals surface area contributed by atoms with Crippen LogP contribution in [0.3, 0.4) is 0 Å². The molecule has 0 bridgehead atoms. The summed E-state index contributed by atoms with van der Waals surface area (Å²) >= 11 is 0. The summed E-state index contributed by atoms with van der Waals surface area (Å²) in [6, 6.07) is 19.4. The third-order valence-electron chi connectivity index (χ3n) is 6.13. The van der Waals surface area contributed by atoms with Gasteiger partial charge in [-0.05, 0) is 54.1 Å². The van der Waals surface area contributed by atoms with Crippen molar-refractivity contribution in [1.82, 2.24) is 15.5 Å². The number of ether oxygens (including phenoxy) is 2. The van der Waals surface area contributed by atoms with Crippen LogP contribution in [0, 0.1) is 0 Å². The minimum absolute atomic E-state index is 0.0280. The van der Waals surface area contributed by atoms with E-state index in [4.69, 9.17) is 13.9 Å². The number of hydrogen-bond acceptors (Lipinski definition) is 6. The molecule has 2 N–H and O–H groups in total. The highest BCUT2D eigenvalue weighted by atomic mass is 16.5. The van der Waals surface area contributed by atoms with Crippen molar-refractivity contribution >= 4 is 11.7 Å². The lowest BCUT2D eigenvalue weighted by Crippen LogP contribution is -2.50. The van der Waals surface area contributed by atoms with Crippen LogP contribution in [0.2, 0.25) is 0 Å². The lowest BCUT2D eigenvalue weighted by Gasteiger charge is -2.39. The molecule has 0 radical (unpaired) electrons. The number of amides is 2. The molecule has 0 aliphatic carbocycles. The van der Waals surface area contributed by atoms with E-state index in [0.717, 1.165) is 49.0 Å². The Morgan fingerprint density at radius 1 is 0.912 bits per heavy atom. The summed E-state index contributed by atoms with van der Waals surface area (Å²) in [6.07, 6.45) is 1.68. The van der Waals surface area contributed by atoms with E-state index in [2.05, 4.69) is 32.6 Å². The Hall–Kier alpha value is -3.65. The van der Waals surface area contributed by atoms with Crippen molar-refractivity contribution in [2.75, 3.05) is 51.8 Å². The summed E-state index contributed by atoms with van der Waals surface area (Å²) in [5, 5.41) is 5.93. The average Bonchev–Trinajstić information content (AvgIpc) is 3.43. The average molecular weight is 465 g/mol. The van der Waals surface area contributed by atoms with Crippen molar-refractivity contribution in [1.29, 1.82) is 0 Å². The molecule has 34 heavy (non-hydrogen) atoms. The number of carbonyl (C=O) groups excluding carboxylic acids is 1. The Labute approximate surface area is 200 Å². The molecule has 8 nitrogen and oxygen atoms in total. The summed E-state index contributed by atoms with van der Waals surface area (Å²) in [7, 11) is 3.31. The fourth-order valence-corrected chi connectivity index (χ4v) is 4.15. The van der Waals surface area contributed by atoms with Gasteiger partial charge >= 0.3 is 6.03 Å². The molecule has 3 aromatic rings. The quantitative estimate of drug-likeness (QED) is 0.503. The molecule has 4 rings (SSSR count). The number of hydrogen-bond donors (Lipinski definition) is 2. The summed E-state index contributed by atoms with van der Waals surface area (Å²) in [6.45, 7) is 4.44. The number of nitrogens with one attached hydrogen (secondary N) is 2. The second-order valence-electron chi connectivity index (χ2n) is 8.16. The number of methoxy groups -OCH3 is 2. The SMILES string of the molecule is COc1ccc(CNC(=O)NCC(c2ccco2)N2CCN(c3ccc(OC)cc3)CC2)cc1. The molecule has 1 aliphatic rings. The monoisotopic (exact) mass is 464 g/mol. The largest absolute Gasteiger partial charge is 0.497 e. The Morgan fingerprint density at radius 2 is 1.56 bits per heavy atom. The number of furan rings is 1. The fraction of sp³-hybridized carbons (Fsp3) is 0.346. The summed E-state index contributed by atoms with van der Waals surface area (Å²) in [5.41, 5.74) is 2.19. The Balaban J connectivity index is 1.30. The molecular formula is C26H32N4O4. The first-order valence-corrected chi connectivity index (χ1v) is 11.5. The van der Waals surface area contributed by atoms with E-state index < -0.39 is 0 Å². The van der Waals surface area contributed by atoms with Gasteiger partial charge in [-0.15, -0.1) is 0 Å². The van der Waals surface area contributed by atoms with E-state index in [9.17, 15) is 4.79 Å². The van der Waals surface area contributed by atoms with Gasteiger partial charge in [0.05, 0.1) is 26.5 Å². The van der Waals surface area contributed by atoms with Gasteiger partial charge in [-0.25, -0.2) is 4.79 Å². The van der Waals surface area contributed by atoms with E-state index in [1.165, 1.54) is 5.69 Å². The normalized spacial score (nSPS) is 14.9. The summed E-state index contributed by atoms with van der Waals surface area (Å²) in [5.74, 6) is 2.51. The standard InChI is InChI=1S/C26H32N4O4/c1-32-22-9-5-20(6-10-22)18-27-26(31)28-19-24(25-4-3-17-34-25)30-15-13-29(14-16-30)21-7-11-23(33-2)12-8-21/h3-12,17,24H,13-16,18-19H2,1-2H3,(H2,27,28,31). The third kappa shape index (κ3) is 6.02. The molecule has 0 saturated carbocycles. The molecular weight excluding hydrogens is 432 g/mol. The molecule has 8 heteroatoms. The van der Waals surface area contributed by atoms with Gasteiger partial charge in [0.2, 0.25) is 0 Å². The van der Waals surface area contributed by atoms with Crippen molar-refractivity contribution in [2.45, 2.75) is 12.6 Å². The zero-order valence-corrected chi connectivity index (χ0v) is 19.7. The van der Waals surface area contributed by atoms with Crippen LogP contribution in [-0.4, -0.2) is 57.9 Å². The zero-order chi connectivity index (χ0) is 23.8. The molecule has 1 atom stereocenters. The molecule has 2 heterocycles. The number of benzene rings is 2. The fourth-order valence-electron chi connectivity index (χ4n) is 4.15. The number of piperazine rings is 1. The van der Waals surface area contributed by atoms with Crippen LogP contribution in [0.25, 0.3) is 0 Å². The molecule has 1 unspecified atom stereocenters. The van der Waals surface area contributed by atoms with Gasteiger partial charge < -0.3 is 29.4 Å². The highest BCUT2D eigenvalue weighted by molar-refractivity contribution is 5.73. The predicted octanol–water partition coefficient (Wildman–Crippen LogP) is 3.66. The maximum Gasteiger partial charge on any atom is 0.315 e. The first-order valence-electron chi connectivity index (χ1n) is 11.5. The Kier molecular flexibility index (Phi) is 7.93. The molecule has 2 amide bonds. The van der Waals surface area contributed by atoms with Gasteiger partial charge in [-0.2, -0.15) is 0 Å². The van der Waals surface area contributed by atoms with Crippen LogP contribution in [-0.2, 0) is 6.54 Å². The van der Waals surface area contributed by atoms with E-state index in [-0.39, 0.29) is 12.1 Å². The van der Waals surface area contributed by atoms with E-state index in [0.29, 0.717) is 13.1 Å². The minimum Gasteiger partial charge on any atom is -0.497 e. The highest BCUT2D eigenvalue weighted by Gasteiger charge is 2.27. The van der Waals surface area contributed by atoms with Crippen LogP contribution in [0.4, 0.5) is 10.5 Å². The van der Waals surface area contributed by atoms with Gasteiger partial charge in [-0.3, -0.25) is 4.90 Å². The predicted molar refractivity (Wildman–Crippen MR) is 131 cm³/mol. The van der Waals surface area contributed by atoms with Gasteiger partial charge in [0, 0.05) is 45.0 Å². The van der Waals surface area contributed by atoms with Crippen molar-refractivity contribution in [2.24, 2.45) is 0 Å². The highest BCUT2D eigenvalue weighted by Crippen LogP contribution is 2.25. The molecule has 1 aliphatic heterocycles. The number of rotatable bonds is 9. The summed E-state index contributed by atoms with van der Waals surface area (Å²) in [4.78, 5) is 17.2. The number of nitrogens with zero attached hydrogens (tertiary/aromatic N) is 2. The first kappa shape index (κ1) is 23.5. The first-order chi connectivity index (χ1) is 16.7. The summed E-state index contributed by atoms with van der Waals surface area (Å²) < 4.78 is 16.2. The van der Waals surface area contributed by atoms with Crippen molar-refractivity contribution in [3.63, 3.8) is 0 Å². The van der Waals surface area contributed by atoms with Crippen LogP contribution in [0.1, 0.15) is 17.4 Å². The maximum atomic E-state index is 12.5. The lowest BCUT2D eigenvalue weighted by molar-refractivity contribution is 0.161. The smallest absolute Gasteiger partial charge is 0.315 e. The van der Waals surface area contributed by atoms with Crippen molar-refractivity contribution in [3.05, 3.63) is 78.3 Å². The molecule has 180 valence electrons. The van der Waals surface area contributed by atoms with Crippen LogP contribution in [0.15, 0.2) is 71.3 Å². The number of urea groups is 1. The zero-order valence-electron chi connectivity index (χ0n) is 19.7. The van der Waals surface area contributed by atoms with Crippen LogP contribution in [0.5, 0.6) is 11.5 Å². The van der Waals surface area contributed by atoms with Gasteiger partial charge in [0.25, 0.3) is 0 Å². The number of carbonyl (C=O) groups is 1. The Bertz CT molecular complexity index is 1010. The topological polar surface area (TPSA) is 79.2 Å². The second kappa shape index (κ2) is 11.5. The minimum atomic E-state index is -0.204. The molecule has 2 aromatic carbocycles. The Morgan fingerprint density at radius 3 is 2.15 bits per heavy atom.